The summed E-state index contributed by atoms with van der Waals surface area (Å²) in [5, 5.41) is 22.2. The predicted molar refractivity (Wildman–Crippen MR) is 128 cm³/mol. The summed E-state index contributed by atoms with van der Waals surface area (Å²) in [7, 11) is 0. The summed E-state index contributed by atoms with van der Waals surface area (Å²) in [6, 6.07) is 0. The molecule has 0 radical (unpaired) electrons. The average molecular weight is 587 g/mol. The van der Waals surface area contributed by atoms with E-state index in [1.807, 2.05) is 0 Å². The monoisotopic (exact) mass is 587 g/mol. The van der Waals surface area contributed by atoms with Crippen LogP contribution in [0, 0.1) is 0 Å². The van der Waals surface area contributed by atoms with E-state index in [1.54, 1.807) is 0 Å². The number of ether oxygens (including phenoxy) is 2. The maximum absolute atomic E-state index is 13.0. The molecule has 0 spiro atoms. The zero-order valence-corrected chi connectivity index (χ0v) is 22.0. The van der Waals surface area contributed by atoms with E-state index in [4.69, 9.17) is 45.1 Å². The van der Waals surface area contributed by atoms with Crippen molar-refractivity contribution in [3.63, 3.8) is 0 Å². The Hall–Kier alpha value is -0.980. The van der Waals surface area contributed by atoms with Crippen LogP contribution in [0.1, 0.15) is 6.92 Å². The Morgan fingerprint density at radius 2 is 1.89 bits per heavy atom. The van der Waals surface area contributed by atoms with Crippen LogP contribution in [0.15, 0.2) is 11.1 Å². The lowest BCUT2D eigenvalue weighted by Gasteiger charge is -2.35. The van der Waals surface area contributed by atoms with Crippen LogP contribution in [-0.4, -0.2) is 91.1 Å². The third-order valence-corrected chi connectivity index (χ3v) is 9.12. The number of rotatable bonds is 1. The van der Waals surface area contributed by atoms with E-state index in [-0.39, 0.29) is 23.7 Å². The van der Waals surface area contributed by atoms with Crippen molar-refractivity contribution >= 4 is 54.7 Å². The molecule has 20 heteroatoms. The van der Waals surface area contributed by atoms with Crippen molar-refractivity contribution in [3.8, 4) is 0 Å². The van der Waals surface area contributed by atoms with E-state index in [0.29, 0.717) is 0 Å². The number of anilines is 1. The number of fused-ring (bicyclic) bond motifs is 3. The van der Waals surface area contributed by atoms with Gasteiger partial charge in [-0.05, 0) is 18.7 Å². The Bertz CT molecular complexity index is 1340. The van der Waals surface area contributed by atoms with Gasteiger partial charge in [0.2, 0.25) is 5.95 Å². The number of hydrogen-bond donors (Lipinski definition) is 6. The highest BCUT2D eigenvalue weighted by molar-refractivity contribution is 8.44. The van der Waals surface area contributed by atoms with Gasteiger partial charge in [0.05, 0.1) is 32.8 Å². The van der Waals surface area contributed by atoms with Crippen LogP contribution in [0.3, 0.4) is 0 Å². The van der Waals surface area contributed by atoms with Crippen molar-refractivity contribution in [1.82, 2.24) is 19.5 Å². The van der Waals surface area contributed by atoms with Gasteiger partial charge in [-0.25, -0.2) is 9.55 Å². The minimum absolute atomic E-state index is 0.0987. The molecule has 3 aliphatic heterocycles. The van der Waals surface area contributed by atoms with Crippen molar-refractivity contribution in [2.24, 2.45) is 0 Å². The van der Waals surface area contributed by atoms with Crippen LogP contribution >= 0.6 is 25.8 Å². The summed E-state index contributed by atoms with van der Waals surface area (Å²) in [6.45, 7) is -8.40. The lowest BCUT2D eigenvalue weighted by molar-refractivity contribution is -0.106. The highest BCUT2D eigenvalue weighted by atomic mass is 32.7. The van der Waals surface area contributed by atoms with Gasteiger partial charge in [-0.2, -0.15) is 4.98 Å². The van der Waals surface area contributed by atoms with Crippen molar-refractivity contribution in [3.05, 3.63) is 16.7 Å². The summed E-state index contributed by atoms with van der Waals surface area (Å²) in [5.74, 6) is -0.234. The second kappa shape index (κ2) is 9.05. The molecular weight excluding hydrogens is 564 g/mol. The van der Waals surface area contributed by atoms with E-state index in [0.717, 1.165) is 10.9 Å². The second-order valence-corrected chi connectivity index (χ2v) is 14.4. The van der Waals surface area contributed by atoms with Gasteiger partial charge in [-0.15, -0.1) is 0 Å². The molecule has 200 valence electrons. The van der Waals surface area contributed by atoms with Crippen molar-refractivity contribution in [1.29, 1.82) is 0 Å². The number of nitrogens with one attached hydrogen (secondary N) is 1. The van der Waals surface area contributed by atoms with Crippen LogP contribution in [0.4, 0.5) is 5.95 Å². The minimum atomic E-state index is -4.12. The molecule has 0 bridgehead atoms. The van der Waals surface area contributed by atoms with Gasteiger partial charge in [0.15, 0.2) is 16.9 Å². The fraction of sp³-hybridized carbons (Fsp3) is 0.688. The summed E-state index contributed by atoms with van der Waals surface area (Å²) in [5.41, 5.74) is 1.06. The Kier molecular flexibility index (Phi) is 6.69. The highest BCUT2D eigenvalue weighted by Gasteiger charge is 2.56. The van der Waals surface area contributed by atoms with E-state index in [9.17, 15) is 24.5 Å². The molecule has 0 amide bonds. The fourth-order valence-corrected chi connectivity index (χ4v) is 7.25. The third kappa shape index (κ3) is 4.80. The molecule has 5 rings (SSSR count). The minimum Gasteiger partial charge on any atom is -0.385 e. The van der Waals surface area contributed by atoms with Crippen LogP contribution in [0.2, 0.25) is 0 Å². The van der Waals surface area contributed by atoms with Gasteiger partial charge in [0, 0.05) is 0 Å². The molecule has 16 nitrogen and oxygen atoms in total. The highest BCUT2D eigenvalue weighted by Crippen LogP contribution is 2.58. The number of aliphatic hydroxyl groups is 2. The van der Waals surface area contributed by atoms with E-state index in [2.05, 4.69) is 27.2 Å². The van der Waals surface area contributed by atoms with Crippen molar-refractivity contribution in [2.45, 2.75) is 42.7 Å². The predicted octanol–water partition coefficient (Wildman–Crippen LogP) is -1.03. The van der Waals surface area contributed by atoms with Gasteiger partial charge in [-0.1, -0.05) is 12.2 Å². The number of nitrogens with zero attached hydrogens (tertiary/aromatic N) is 3. The smallest absolute Gasteiger partial charge is 0.385 e. The Labute approximate surface area is 212 Å². The lowest BCUT2D eigenvalue weighted by atomic mass is 10.00. The maximum atomic E-state index is 13.0. The first-order chi connectivity index (χ1) is 16.7. The van der Waals surface area contributed by atoms with Crippen LogP contribution < -0.4 is 11.3 Å². The normalized spacial score (nSPS) is 44.0. The Morgan fingerprint density at radius 1 is 1.22 bits per heavy atom. The van der Waals surface area contributed by atoms with E-state index in [1.165, 1.54) is 6.92 Å². The molecule has 2 aromatic rings. The number of H-pyrrole nitrogens is 1. The fourth-order valence-electron chi connectivity index (χ4n) is 4.25. The topological polar surface area (TPSA) is 223 Å². The van der Waals surface area contributed by atoms with Crippen LogP contribution in [0.25, 0.3) is 11.2 Å². The molecule has 6 N–H and O–H groups in total. The van der Waals surface area contributed by atoms with Gasteiger partial charge in [-0.3, -0.25) is 27.9 Å². The zero-order chi connectivity index (χ0) is 26.1. The van der Waals surface area contributed by atoms with Gasteiger partial charge < -0.3 is 34.8 Å². The van der Waals surface area contributed by atoms with Crippen LogP contribution in [0.5, 0.6) is 0 Å². The van der Waals surface area contributed by atoms with Crippen molar-refractivity contribution in [2.75, 3.05) is 32.2 Å². The first-order valence-electron chi connectivity index (χ1n) is 10.4. The molecule has 8 atom stereocenters. The molecule has 0 saturated carbocycles. The second-order valence-electron chi connectivity index (χ2n) is 8.75. The molecule has 3 aliphatic rings. The molecule has 3 saturated heterocycles. The molecule has 5 unspecified atom stereocenters. The largest absolute Gasteiger partial charge is 0.386 e. The molecule has 36 heavy (non-hydrogen) atoms. The standard InChI is InChI=1S/C16H23N5O11P2S2/c1-15(23)4-27-7-2-29-34(26,36)32-11-8(3-30-33(25,35)31-10(7)15)28-5-16(11,24)21-6-18-9-12(21)19-14(17)20-13(9)22/h6-8,10-11,23-24H,2-5H2,1H3,(H,25,35)(H,26,36)(H3,17,19,20,22)/t7-,8?,10-,11?,15-,16?,33?,34?/m0/s1. The molecular formula is C16H23N5O11P2S2. The maximum Gasteiger partial charge on any atom is 0.386 e. The molecule has 5 heterocycles. The van der Waals surface area contributed by atoms with E-state index < -0.39 is 74.6 Å². The molecule has 3 fully saturated rings. The number of thiol groups is 1. The van der Waals surface area contributed by atoms with Crippen LogP contribution in [-0.2, 0) is 49.7 Å². The Morgan fingerprint density at radius 3 is 2.64 bits per heavy atom. The number of nitrogen functional groups attached to an aromatic ring is 1. The average Bonchev–Trinajstić information content (AvgIpc) is 3.41. The van der Waals surface area contributed by atoms with Gasteiger partial charge in [0.25, 0.3) is 5.56 Å². The summed E-state index contributed by atoms with van der Waals surface area (Å²) in [4.78, 5) is 33.3. The van der Waals surface area contributed by atoms with Gasteiger partial charge >= 0.3 is 13.5 Å². The number of hydrogen-bond acceptors (Lipinski definition) is 14. The van der Waals surface area contributed by atoms with E-state index >= 15 is 0 Å². The first kappa shape index (κ1) is 26.6. The summed E-state index contributed by atoms with van der Waals surface area (Å²) >= 11 is 9.13. The zero-order valence-electron chi connectivity index (χ0n) is 18.5. The summed E-state index contributed by atoms with van der Waals surface area (Å²) in [6.07, 6.45) is -3.77. The third-order valence-electron chi connectivity index (χ3n) is 5.98. The van der Waals surface area contributed by atoms with Gasteiger partial charge in [0.1, 0.15) is 30.0 Å². The lowest BCUT2D eigenvalue weighted by Crippen LogP contribution is -2.48. The Balaban J connectivity index is 1.52. The summed E-state index contributed by atoms with van der Waals surface area (Å²) < 4.78 is 47.2. The number of aromatic amines is 1. The molecule has 0 aromatic carbocycles. The van der Waals surface area contributed by atoms with Crippen molar-refractivity contribution < 1.29 is 47.2 Å². The number of nitrogens with two attached hydrogens (primary N) is 1. The molecule has 2 aromatic heterocycles. The molecule has 0 aliphatic carbocycles. The quantitative estimate of drug-likeness (QED) is 0.173. The SMILES string of the molecule is C[C@]1(O)CO[C@H]2COP(O)(=S)OC3C(COP(=O)(S)O[C@@H]21)OCC3(O)n1cnc2c(=O)[nH]c(N)nc21. The number of aromatic nitrogens is 4. The number of imidazole rings is 1. The first-order valence-corrected chi connectivity index (χ1v) is 15.7.